The van der Waals surface area contributed by atoms with Crippen molar-refractivity contribution in [3.05, 3.63) is 95.1 Å². The molecule has 4 aromatic rings. The second kappa shape index (κ2) is 36.6. The summed E-state index contributed by atoms with van der Waals surface area (Å²) < 4.78 is 69.5. The van der Waals surface area contributed by atoms with Crippen molar-refractivity contribution >= 4 is 35.6 Å². The van der Waals surface area contributed by atoms with Gasteiger partial charge in [0, 0.05) is 78.3 Å². The summed E-state index contributed by atoms with van der Waals surface area (Å²) in [5.74, 6) is -0.0482. The van der Waals surface area contributed by atoms with Gasteiger partial charge in [-0.2, -0.15) is 0 Å². The van der Waals surface area contributed by atoms with E-state index >= 15 is 0 Å². The number of methoxy groups -OCH3 is 6. The average molecular weight is 1310 g/mol. The van der Waals surface area contributed by atoms with E-state index in [9.17, 15) is 28.8 Å². The van der Waals surface area contributed by atoms with E-state index in [1.807, 2.05) is 26.0 Å². The van der Waals surface area contributed by atoms with E-state index in [1.54, 1.807) is 70.5 Å². The molecule has 0 aromatic heterocycles. The Morgan fingerprint density at radius 3 is 1.19 bits per heavy atom. The Morgan fingerprint density at radius 2 is 0.851 bits per heavy atom. The summed E-state index contributed by atoms with van der Waals surface area (Å²) in [7, 11) is 9.16. The molecule has 0 bridgehead atoms. The number of likely N-dealkylation sites (tertiary alicyclic amines) is 2. The van der Waals surface area contributed by atoms with E-state index in [0.717, 1.165) is 51.9 Å². The molecule has 4 heterocycles. The number of nitrogens with one attached hydrogen (secondary N) is 2. The van der Waals surface area contributed by atoms with E-state index < -0.39 is 59.9 Å². The summed E-state index contributed by atoms with van der Waals surface area (Å²) in [4.78, 5) is 92.1. The third-order valence-electron chi connectivity index (χ3n) is 17.8. The molecule has 94 heavy (non-hydrogen) atoms. The van der Waals surface area contributed by atoms with Crippen molar-refractivity contribution in [1.82, 2.24) is 30.2 Å². The number of carbonyl (C=O) groups excluding carboxylic acids is 6. The lowest BCUT2D eigenvalue weighted by atomic mass is 9.91. The first-order valence-electron chi connectivity index (χ1n) is 33.0. The Labute approximate surface area is 552 Å². The second-order valence-electron chi connectivity index (χ2n) is 23.7. The summed E-state index contributed by atoms with van der Waals surface area (Å²) in [5.41, 5.74) is 2.72. The van der Waals surface area contributed by atoms with E-state index in [2.05, 4.69) is 20.4 Å². The highest BCUT2D eigenvalue weighted by Gasteiger charge is 2.40. The zero-order valence-electron chi connectivity index (χ0n) is 55.9. The number of amides is 4. The molecule has 4 amide bonds. The maximum Gasteiger partial charge on any atom is 0.329 e. The fraction of sp³-hybridized carbons (Fsp3) is 0.571. The zero-order valence-corrected chi connectivity index (χ0v) is 55.9. The van der Waals surface area contributed by atoms with Crippen LogP contribution in [0.15, 0.2) is 72.8 Å². The first kappa shape index (κ1) is 71.8. The number of nitrogens with zero attached hydrogens (tertiary/aromatic N) is 4. The minimum absolute atomic E-state index is 0.107. The topological polar surface area (TPSA) is 250 Å². The van der Waals surface area contributed by atoms with Crippen LogP contribution in [0.1, 0.15) is 124 Å². The number of morpholine rings is 2. The van der Waals surface area contributed by atoms with Crippen molar-refractivity contribution in [1.29, 1.82) is 0 Å². The number of carbonyl (C=O) groups is 6. The lowest BCUT2D eigenvalue weighted by Gasteiger charge is -2.37. The monoisotopic (exact) mass is 1310 g/mol. The fourth-order valence-corrected chi connectivity index (χ4v) is 12.7. The van der Waals surface area contributed by atoms with Crippen molar-refractivity contribution in [2.24, 2.45) is 0 Å². The Kier molecular flexibility index (Phi) is 27.9. The van der Waals surface area contributed by atoms with Crippen molar-refractivity contribution in [3.8, 4) is 46.0 Å². The first-order valence-corrected chi connectivity index (χ1v) is 33.0. The standard InChI is InChI=1S/C70H96N6O18/c1-9-53(49-41-59(83-3)65(87-7)60(42-49)84-4)67(79)75-27-13-11-21-55(75)69(81)93-57(23-29-73-31-35-89-36-32-73)47-17-15-19-51(39-47)91-45-63(77)71-25-26-72-64(78)46-92-52-20-16-18-48(40-52)58(24-30-74-33-37-90-38-34-74)94-70(82)56-22-12-14-28-76(56)68(80)54(10-2)50-43-61(85-5)66(88-8)62(44-50)86-6/h15-20,39-44,53-58H,9-14,21-38,45-46H2,1-8H3,(H,71,77)(H,72,78)/t53-,54-,55-,56-,57+,58?/m0/s1. The van der Waals surface area contributed by atoms with Crippen LogP contribution in [0.3, 0.4) is 0 Å². The van der Waals surface area contributed by atoms with Crippen molar-refractivity contribution in [2.45, 2.75) is 114 Å². The van der Waals surface area contributed by atoms with Gasteiger partial charge in [-0.15, -0.1) is 0 Å². The van der Waals surface area contributed by atoms with Crippen molar-refractivity contribution in [3.63, 3.8) is 0 Å². The Morgan fingerprint density at radius 1 is 0.479 bits per heavy atom. The number of esters is 2. The first-order chi connectivity index (χ1) is 45.7. The van der Waals surface area contributed by atoms with Gasteiger partial charge in [0.05, 0.1) is 80.9 Å². The van der Waals surface area contributed by atoms with Crippen LogP contribution in [0.25, 0.3) is 0 Å². The molecule has 4 saturated heterocycles. The van der Waals surface area contributed by atoms with Gasteiger partial charge in [-0.1, -0.05) is 38.1 Å². The van der Waals surface area contributed by atoms with E-state index in [4.69, 9.17) is 56.8 Å². The van der Waals surface area contributed by atoms with Crippen LogP contribution in [-0.4, -0.2) is 215 Å². The van der Waals surface area contributed by atoms with E-state index in [-0.39, 0.29) is 38.1 Å². The maximum absolute atomic E-state index is 14.6. The van der Waals surface area contributed by atoms with Gasteiger partial charge in [-0.3, -0.25) is 29.0 Å². The lowest BCUT2D eigenvalue weighted by Crippen LogP contribution is -2.50. The lowest BCUT2D eigenvalue weighted by molar-refractivity contribution is -0.163. The summed E-state index contributed by atoms with van der Waals surface area (Å²) >= 11 is 0. The number of hydrogen-bond acceptors (Lipinski definition) is 20. The summed E-state index contributed by atoms with van der Waals surface area (Å²) in [5, 5.41) is 5.56. The number of benzene rings is 4. The molecule has 1 unspecified atom stereocenters. The highest BCUT2D eigenvalue weighted by molar-refractivity contribution is 5.90. The van der Waals surface area contributed by atoms with Crippen LogP contribution >= 0.6 is 0 Å². The molecule has 24 heteroatoms. The molecule has 4 aromatic carbocycles. The third kappa shape index (κ3) is 19.3. The molecule has 4 fully saturated rings. The van der Waals surface area contributed by atoms with Crippen LogP contribution in [0.4, 0.5) is 0 Å². The Balaban J connectivity index is 0.840. The maximum atomic E-state index is 14.6. The van der Waals surface area contributed by atoms with E-state index in [1.165, 1.54) is 42.7 Å². The van der Waals surface area contributed by atoms with Gasteiger partial charge >= 0.3 is 11.9 Å². The van der Waals surface area contributed by atoms with Crippen LogP contribution in [0.5, 0.6) is 46.0 Å². The van der Waals surface area contributed by atoms with Crippen LogP contribution in [-0.2, 0) is 47.7 Å². The fourth-order valence-electron chi connectivity index (χ4n) is 12.7. The molecule has 0 spiro atoms. The van der Waals surface area contributed by atoms with Crippen LogP contribution in [0.2, 0.25) is 0 Å². The van der Waals surface area contributed by atoms with Gasteiger partial charge in [-0.05, 0) is 122 Å². The average Bonchev–Trinajstić information content (AvgIpc) is 0.814. The SMILES string of the molecule is CC[C@H](C(=O)N1CCCC[C@H]1C(=O)OC(CCN1CCOCC1)c1cccc(OCC(=O)NCCNC(=O)COc2cccc([C@@H](CCN3CCOCC3)OC(=O)[C@@H]3CCCCN3C(=O)[C@@H](CC)c3cc(OC)c(OC)c(OC)c3)c2)c1)c1cc(OC)c(OC)c(OC)c1. The zero-order chi connectivity index (χ0) is 66.9. The molecule has 4 aliphatic rings. The minimum atomic E-state index is -0.804. The van der Waals surface area contributed by atoms with Gasteiger partial charge in [0.1, 0.15) is 35.8 Å². The summed E-state index contributed by atoms with van der Waals surface area (Å²) in [6, 6.07) is 19.8. The van der Waals surface area contributed by atoms with Gasteiger partial charge < -0.3 is 77.3 Å². The molecular formula is C70H96N6O18. The molecule has 4 aliphatic heterocycles. The number of piperidine rings is 2. The summed E-state index contributed by atoms with van der Waals surface area (Å²) in [6.07, 6.45) is 4.34. The number of rotatable bonds is 33. The van der Waals surface area contributed by atoms with Gasteiger partial charge in [0.25, 0.3) is 11.8 Å². The van der Waals surface area contributed by atoms with Crippen LogP contribution in [0, 0.1) is 0 Å². The number of hydrogen-bond donors (Lipinski definition) is 2. The van der Waals surface area contributed by atoms with Gasteiger partial charge in [0.2, 0.25) is 23.3 Å². The quantitative estimate of drug-likeness (QED) is 0.0354. The molecule has 0 radical (unpaired) electrons. The molecule has 514 valence electrons. The highest BCUT2D eigenvalue weighted by Crippen LogP contribution is 2.44. The molecule has 24 nitrogen and oxygen atoms in total. The highest BCUT2D eigenvalue weighted by atomic mass is 16.6. The minimum Gasteiger partial charge on any atom is -0.493 e. The third-order valence-corrected chi connectivity index (χ3v) is 17.8. The molecule has 0 saturated carbocycles. The van der Waals surface area contributed by atoms with Gasteiger partial charge in [-0.25, -0.2) is 9.59 Å². The predicted octanol–water partition coefficient (Wildman–Crippen LogP) is 7.19. The smallest absolute Gasteiger partial charge is 0.329 e. The van der Waals surface area contributed by atoms with Crippen molar-refractivity contribution in [2.75, 3.05) is 148 Å². The largest absolute Gasteiger partial charge is 0.493 e. The van der Waals surface area contributed by atoms with Crippen molar-refractivity contribution < 1.29 is 85.6 Å². The Hall–Kier alpha value is -8.06. The number of ether oxygens (including phenoxy) is 12. The second-order valence-corrected chi connectivity index (χ2v) is 23.7. The molecular weight excluding hydrogens is 1210 g/mol. The van der Waals surface area contributed by atoms with Crippen LogP contribution < -0.4 is 48.5 Å². The van der Waals surface area contributed by atoms with E-state index in [0.29, 0.717) is 159 Å². The predicted molar refractivity (Wildman–Crippen MR) is 348 cm³/mol. The molecule has 6 atom stereocenters. The normalized spacial score (nSPS) is 18.3. The summed E-state index contributed by atoms with van der Waals surface area (Å²) in [6.45, 7) is 10.9. The Bertz CT molecular complexity index is 2880. The van der Waals surface area contributed by atoms with Gasteiger partial charge in [0.15, 0.2) is 36.2 Å². The molecule has 2 N–H and O–H groups in total. The molecule has 0 aliphatic carbocycles. The molecule has 8 rings (SSSR count).